The molecule has 262 valence electrons. The highest BCUT2D eigenvalue weighted by atomic mass is 19.3. The van der Waals surface area contributed by atoms with Gasteiger partial charge in [-0.15, -0.1) is 0 Å². The number of carbonyl (C=O) groups is 2. The predicted molar refractivity (Wildman–Crippen MR) is 185 cm³/mol. The average molecular weight is 689 g/mol. The van der Waals surface area contributed by atoms with Crippen LogP contribution < -0.4 is 21.1 Å². The summed E-state index contributed by atoms with van der Waals surface area (Å²) in [5.41, 5.74) is 9.72. The number of allylic oxidation sites excluding steroid dienone is 1. The number of hydrogen-bond acceptors (Lipinski definition) is 8. The lowest BCUT2D eigenvalue weighted by Gasteiger charge is -2.25. The van der Waals surface area contributed by atoms with E-state index in [0.29, 0.717) is 33.8 Å². The van der Waals surface area contributed by atoms with Crippen molar-refractivity contribution in [2.75, 3.05) is 26.5 Å². The normalized spacial score (nSPS) is 14.6. The van der Waals surface area contributed by atoms with Gasteiger partial charge in [0.05, 0.1) is 36.4 Å². The topological polar surface area (TPSA) is 159 Å². The summed E-state index contributed by atoms with van der Waals surface area (Å²) in [5, 5.41) is 15.4. The monoisotopic (exact) mass is 688 g/mol. The average Bonchev–Trinajstić information content (AvgIpc) is 3.92. The van der Waals surface area contributed by atoms with Crippen LogP contribution in [0.5, 0.6) is 5.75 Å². The highest BCUT2D eigenvalue weighted by Crippen LogP contribution is 2.40. The summed E-state index contributed by atoms with van der Waals surface area (Å²) in [6.07, 6.45) is 5.59. The Kier molecular flexibility index (Phi) is 11.0. The summed E-state index contributed by atoms with van der Waals surface area (Å²) < 4.78 is 47.7. The molecule has 0 saturated heterocycles. The molecule has 1 aromatic carbocycles. The van der Waals surface area contributed by atoms with Crippen LogP contribution in [0.2, 0.25) is 0 Å². The van der Waals surface area contributed by atoms with E-state index in [1.807, 2.05) is 0 Å². The minimum atomic E-state index is -2.70. The number of pyridine rings is 2. The maximum Gasteiger partial charge on any atom is 0.275 e. The van der Waals surface area contributed by atoms with Crippen LogP contribution in [0.25, 0.3) is 11.1 Å². The Hall–Kier alpha value is -5.53. The summed E-state index contributed by atoms with van der Waals surface area (Å²) >= 11 is 0. The summed E-state index contributed by atoms with van der Waals surface area (Å²) in [7, 11) is 4.59. The number of amides is 2. The highest BCUT2D eigenvalue weighted by molar-refractivity contribution is 6.16. The third kappa shape index (κ3) is 8.01. The molecule has 2 aliphatic carbocycles. The SMILES string of the molecule is CNC(C(=N)/C(=C\C(N)=NC(=O)C1CC1)Nc1ccc(C)c(-c2cnc(C(=O)N(C)Cc3cc(C(F)F)ccn3)c(F)c2)c1OC)=C1CCC1. The Morgan fingerprint density at radius 2 is 1.94 bits per heavy atom. The number of nitrogens with zero attached hydrogens (tertiary/aromatic N) is 4. The number of halogens is 3. The van der Waals surface area contributed by atoms with Crippen molar-refractivity contribution in [2.24, 2.45) is 16.6 Å². The number of nitrogens with one attached hydrogen (secondary N) is 3. The number of anilines is 1. The Bertz CT molecular complexity index is 1910. The minimum Gasteiger partial charge on any atom is -0.494 e. The molecule has 2 fully saturated rings. The van der Waals surface area contributed by atoms with Gasteiger partial charge in [0.1, 0.15) is 17.3 Å². The lowest BCUT2D eigenvalue weighted by molar-refractivity contribution is -0.118. The molecule has 0 aliphatic heterocycles. The fourth-order valence-corrected chi connectivity index (χ4v) is 5.56. The van der Waals surface area contributed by atoms with Gasteiger partial charge in [0.25, 0.3) is 18.2 Å². The number of amidine groups is 1. The van der Waals surface area contributed by atoms with Crippen LogP contribution in [-0.4, -0.2) is 59.4 Å². The molecule has 5 N–H and O–H groups in total. The van der Waals surface area contributed by atoms with Crippen LogP contribution in [0.3, 0.4) is 0 Å². The van der Waals surface area contributed by atoms with Gasteiger partial charge >= 0.3 is 0 Å². The van der Waals surface area contributed by atoms with Gasteiger partial charge in [-0.1, -0.05) is 6.07 Å². The molecule has 2 aliphatic rings. The zero-order valence-corrected chi connectivity index (χ0v) is 28.2. The summed E-state index contributed by atoms with van der Waals surface area (Å²) in [5.74, 6) is -1.83. The number of benzene rings is 1. The molecule has 0 radical (unpaired) electrons. The van der Waals surface area contributed by atoms with Crippen molar-refractivity contribution in [2.45, 2.75) is 52.0 Å². The molecule has 0 spiro atoms. The van der Waals surface area contributed by atoms with Crippen LogP contribution in [-0.2, 0) is 11.3 Å². The number of aliphatic imine (C=N–C) groups is 1. The smallest absolute Gasteiger partial charge is 0.275 e. The van der Waals surface area contributed by atoms with Gasteiger partial charge in [-0.2, -0.15) is 4.99 Å². The van der Waals surface area contributed by atoms with Gasteiger partial charge in [-0.05, 0) is 74.4 Å². The molecule has 2 heterocycles. The van der Waals surface area contributed by atoms with Crippen molar-refractivity contribution in [3.05, 3.63) is 94.1 Å². The van der Waals surface area contributed by atoms with E-state index < -0.39 is 23.8 Å². The molecule has 2 aromatic heterocycles. The van der Waals surface area contributed by atoms with E-state index in [9.17, 15) is 18.4 Å². The second-order valence-electron chi connectivity index (χ2n) is 12.2. The second-order valence-corrected chi connectivity index (χ2v) is 12.2. The Balaban J connectivity index is 1.46. The molecule has 3 aromatic rings. The number of rotatable bonds is 13. The number of methoxy groups -OCH3 is 1. The number of nitrogens with two attached hydrogens (primary N) is 1. The number of carbonyl (C=O) groups excluding carboxylic acids is 2. The molecular formula is C36H39F3N8O3. The van der Waals surface area contributed by atoms with Crippen molar-refractivity contribution in [3.63, 3.8) is 0 Å². The molecule has 14 heteroatoms. The quantitative estimate of drug-likeness (QED) is 0.124. The Labute approximate surface area is 288 Å². The lowest BCUT2D eigenvalue weighted by Crippen LogP contribution is -2.28. The summed E-state index contributed by atoms with van der Waals surface area (Å²) in [4.78, 5) is 38.9. The fraction of sp³-hybridized carbons (Fsp3) is 0.333. The maximum absolute atomic E-state index is 15.6. The molecule has 0 atom stereocenters. The van der Waals surface area contributed by atoms with Crippen LogP contribution in [0, 0.1) is 24.1 Å². The van der Waals surface area contributed by atoms with E-state index in [4.69, 9.17) is 15.9 Å². The van der Waals surface area contributed by atoms with Gasteiger partial charge in [0, 0.05) is 55.2 Å². The molecule has 2 amide bonds. The van der Waals surface area contributed by atoms with E-state index in [1.165, 1.54) is 50.8 Å². The fourth-order valence-electron chi connectivity index (χ4n) is 5.56. The zero-order chi connectivity index (χ0) is 36.1. The van der Waals surface area contributed by atoms with Gasteiger partial charge in [0.15, 0.2) is 11.5 Å². The first-order valence-corrected chi connectivity index (χ1v) is 16.1. The molecule has 11 nitrogen and oxygen atoms in total. The van der Waals surface area contributed by atoms with E-state index >= 15 is 4.39 Å². The van der Waals surface area contributed by atoms with Gasteiger partial charge < -0.3 is 26.0 Å². The molecule has 0 unspecified atom stereocenters. The van der Waals surface area contributed by atoms with Crippen molar-refractivity contribution < 1.29 is 27.5 Å². The number of aromatic nitrogens is 2. The van der Waals surface area contributed by atoms with Crippen LogP contribution >= 0.6 is 0 Å². The van der Waals surface area contributed by atoms with Gasteiger partial charge in [0.2, 0.25) is 0 Å². The standard InChI is InChI=1S/C36H39F3N8O3/c1-19-8-11-26(45-27(16-28(40)46-35(48)21-9-10-21)30(41)31(42-2)20-6-5-7-20)33(50-4)29(19)23-15-25(37)32(44-17-23)36(49)47(3)18-24-14-22(34(38)39)12-13-43-24/h8,11-17,21,34,41-42,45H,5-7,9-10,18H2,1-4H3,(H2,40,46,48)/b27-16+,41-30?. The van der Waals surface area contributed by atoms with Gasteiger partial charge in [-0.25, -0.2) is 18.2 Å². The molecule has 2 saturated carbocycles. The molecule has 5 rings (SSSR count). The van der Waals surface area contributed by atoms with E-state index in [-0.39, 0.29) is 46.9 Å². The molecule has 0 bridgehead atoms. The Morgan fingerprint density at radius 3 is 2.54 bits per heavy atom. The van der Waals surface area contributed by atoms with Crippen molar-refractivity contribution in [1.82, 2.24) is 20.2 Å². The van der Waals surface area contributed by atoms with Crippen LogP contribution in [0.4, 0.5) is 18.9 Å². The third-order valence-corrected chi connectivity index (χ3v) is 8.55. The maximum atomic E-state index is 15.6. The van der Waals surface area contributed by atoms with E-state index in [0.717, 1.165) is 42.6 Å². The number of aryl methyl sites for hydroxylation is 1. The highest BCUT2D eigenvalue weighted by Gasteiger charge is 2.30. The van der Waals surface area contributed by atoms with Crippen molar-refractivity contribution >= 4 is 29.0 Å². The van der Waals surface area contributed by atoms with Crippen LogP contribution in [0.15, 0.2) is 70.8 Å². The van der Waals surface area contributed by atoms with Crippen molar-refractivity contribution in [3.8, 4) is 16.9 Å². The predicted octanol–water partition coefficient (Wildman–Crippen LogP) is 6.08. The third-order valence-electron chi connectivity index (χ3n) is 8.55. The largest absolute Gasteiger partial charge is 0.494 e. The number of alkyl halides is 2. The number of hydrogen-bond donors (Lipinski definition) is 4. The lowest BCUT2D eigenvalue weighted by atomic mass is 9.88. The Morgan fingerprint density at radius 1 is 1.20 bits per heavy atom. The molecule has 50 heavy (non-hydrogen) atoms. The van der Waals surface area contributed by atoms with Crippen LogP contribution in [0.1, 0.15) is 65.8 Å². The zero-order valence-electron chi connectivity index (χ0n) is 28.2. The van der Waals surface area contributed by atoms with Gasteiger partial charge in [-0.3, -0.25) is 20.0 Å². The first kappa shape index (κ1) is 35.8. The van der Waals surface area contributed by atoms with Crippen molar-refractivity contribution in [1.29, 1.82) is 5.41 Å². The minimum absolute atomic E-state index is 0.0523. The van der Waals surface area contributed by atoms with E-state index in [2.05, 4.69) is 25.6 Å². The summed E-state index contributed by atoms with van der Waals surface area (Å²) in [6.45, 7) is 1.67. The first-order valence-electron chi connectivity index (χ1n) is 16.1. The van der Waals surface area contributed by atoms with E-state index in [1.54, 1.807) is 26.1 Å². The summed E-state index contributed by atoms with van der Waals surface area (Å²) in [6, 6.07) is 7.07. The second kappa shape index (κ2) is 15.3. The number of ether oxygens (including phenoxy) is 1. The first-order chi connectivity index (χ1) is 23.9. The molecular weight excluding hydrogens is 649 g/mol.